The van der Waals surface area contributed by atoms with Crippen molar-refractivity contribution in [2.45, 2.75) is 26.2 Å². The van der Waals surface area contributed by atoms with E-state index in [-0.39, 0.29) is 2.85 Å². The molecule has 0 aromatic carbocycles. The third-order valence-electron chi connectivity index (χ3n) is 1.04. The molecule has 0 aromatic rings. The molecule has 0 heterocycles. The van der Waals surface area contributed by atoms with Gasteiger partial charge in [-0.15, -0.1) is 0 Å². The summed E-state index contributed by atoms with van der Waals surface area (Å²) in [7, 11) is 0. The number of hydrogen-bond donors (Lipinski definition) is 0. The first-order chi connectivity index (χ1) is 4.06. The van der Waals surface area contributed by atoms with Crippen molar-refractivity contribution in [1.29, 1.82) is 0 Å². The first-order valence-corrected chi connectivity index (χ1v) is 8.09. The summed E-state index contributed by atoms with van der Waals surface area (Å²) in [4.78, 5) is 0. The minimum absolute atomic E-state index is 0. The van der Waals surface area contributed by atoms with Crippen molar-refractivity contribution in [1.82, 2.24) is 0 Å². The molecule has 0 unspecified atom stereocenters. The standard InChI is InChI=1S/C5H13PS3/c1-2-3-4-5-6(7,8)9/h2-5H2,1H3,(H2,7,8,9). The van der Waals surface area contributed by atoms with Crippen LogP contribution >= 0.6 is 4.44 Å². The summed E-state index contributed by atoms with van der Waals surface area (Å²) >= 11 is 14.8. The van der Waals surface area contributed by atoms with Crippen molar-refractivity contribution in [3.63, 3.8) is 0 Å². The fraction of sp³-hybridized carbons (Fsp3) is 1.00. The Balaban J connectivity index is -0.000000320. The maximum atomic E-state index is 4.94. The molecule has 4 heteroatoms. The van der Waals surface area contributed by atoms with Crippen LogP contribution in [-0.4, -0.2) is 6.16 Å². The molecular weight excluding hydrogens is 187 g/mol. The van der Waals surface area contributed by atoms with E-state index in [1.165, 1.54) is 12.8 Å². The van der Waals surface area contributed by atoms with Gasteiger partial charge < -0.3 is 28.9 Å². The van der Waals surface area contributed by atoms with Crippen molar-refractivity contribution in [2.24, 2.45) is 0 Å². The second-order valence-electron chi connectivity index (χ2n) is 2.04. The van der Waals surface area contributed by atoms with Gasteiger partial charge in [0.2, 0.25) is 0 Å². The van der Waals surface area contributed by atoms with Crippen LogP contribution in [0, 0.1) is 0 Å². The van der Waals surface area contributed by atoms with E-state index in [1.807, 2.05) is 0 Å². The maximum Gasteiger partial charge on any atom is 1.00 e. The maximum absolute atomic E-state index is 4.94. The predicted molar refractivity (Wildman–Crippen MR) is 55.6 cm³/mol. The molecule has 0 radical (unpaired) electrons. The minimum atomic E-state index is -1.70. The average Bonchev–Trinajstić information content (AvgIpc) is 1.63. The normalized spacial score (nSPS) is 11.9. The second kappa shape index (κ2) is 5.06. The molecule has 0 N–H and O–H groups in total. The zero-order valence-electron chi connectivity index (χ0n) is 7.50. The summed E-state index contributed by atoms with van der Waals surface area (Å²) in [6.07, 6.45) is 4.52. The lowest BCUT2D eigenvalue weighted by Gasteiger charge is -2.36. The Hall–Kier alpha value is 1.35. The summed E-state index contributed by atoms with van der Waals surface area (Å²) in [5.41, 5.74) is 0. The van der Waals surface area contributed by atoms with Gasteiger partial charge in [-0.25, -0.2) is 0 Å². The Morgan fingerprint density at radius 2 is 2.00 bits per heavy atom. The van der Waals surface area contributed by atoms with Gasteiger partial charge >= 0.3 is 2.85 Å². The third kappa shape index (κ3) is 9.35. The lowest BCUT2D eigenvalue weighted by Crippen LogP contribution is -1.82. The minimum Gasteiger partial charge on any atom is -0.770 e. The largest absolute Gasteiger partial charge is 1.00 e. The molecule has 0 amide bonds. The SMILES string of the molecule is CCCCCP(=S)([S-])[S-].[H+].[H+]. The Bertz CT molecular complexity index is 114. The highest BCUT2D eigenvalue weighted by Crippen LogP contribution is 2.40. The van der Waals surface area contributed by atoms with Crippen molar-refractivity contribution in [3.8, 4) is 0 Å². The van der Waals surface area contributed by atoms with Gasteiger partial charge in [-0.05, 0) is 0 Å². The van der Waals surface area contributed by atoms with Crippen LogP contribution in [0.5, 0.6) is 0 Å². The second-order valence-corrected chi connectivity index (χ2v) is 11.4. The lowest BCUT2D eigenvalue weighted by atomic mass is 10.3. The molecule has 0 aliphatic heterocycles. The van der Waals surface area contributed by atoms with Crippen LogP contribution in [0.3, 0.4) is 0 Å². The molecule has 0 atom stereocenters. The summed E-state index contributed by atoms with van der Waals surface area (Å²) < 4.78 is -1.70. The topological polar surface area (TPSA) is 0 Å². The average molecular weight is 200 g/mol. The van der Waals surface area contributed by atoms with E-state index in [9.17, 15) is 0 Å². The summed E-state index contributed by atoms with van der Waals surface area (Å²) in [5, 5.41) is 0. The lowest BCUT2D eigenvalue weighted by molar-refractivity contribution is 0.778. The van der Waals surface area contributed by atoms with E-state index >= 15 is 0 Å². The molecular formula is C5H13PS3. The first kappa shape index (κ1) is 10.3. The monoisotopic (exact) mass is 200 g/mol. The highest BCUT2D eigenvalue weighted by Gasteiger charge is 1.83. The van der Waals surface area contributed by atoms with Gasteiger partial charge in [-0.3, -0.25) is 0 Å². The zero-order chi connectivity index (χ0) is 7.33. The van der Waals surface area contributed by atoms with Gasteiger partial charge in [-0.2, -0.15) is 11.8 Å². The van der Waals surface area contributed by atoms with Crippen molar-refractivity contribution in [2.75, 3.05) is 6.16 Å². The smallest absolute Gasteiger partial charge is 0.770 e. The van der Waals surface area contributed by atoms with Crippen LogP contribution in [0.1, 0.15) is 29.0 Å². The van der Waals surface area contributed by atoms with Gasteiger partial charge in [-0.1, -0.05) is 32.3 Å². The van der Waals surface area contributed by atoms with E-state index in [0.29, 0.717) is 0 Å². The summed E-state index contributed by atoms with van der Waals surface area (Å²) in [6.45, 7) is 2.16. The van der Waals surface area contributed by atoms with Crippen LogP contribution in [0.25, 0.3) is 0 Å². The Kier molecular flexibility index (Phi) is 5.82. The molecule has 9 heavy (non-hydrogen) atoms. The van der Waals surface area contributed by atoms with Crippen LogP contribution in [0.4, 0.5) is 0 Å². The number of rotatable bonds is 4. The predicted octanol–water partition coefficient (Wildman–Crippen LogP) is 2.80. The number of hydrogen-bond acceptors (Lipinski definition) is 3. The Labute approximate surface area is 76.1 Å². The van der Waals surface area contributed by atoms with Crippen molar-refractivity contribution >= 4 is 40.7 Å². The molecule has 0 nitrogen and oxygen atoms in total. The Morgan fingerprint density at radius 3 is 2.33 bits per heavy atom. The number of unbranched alkanes of at least 4 members (excludes halogenated alkanes) is 2. The van der Waals surface area contributed by atoms with E-state index in [0.717, 1.165) is 12.6 Å². The van der Waals surface area contributed by atoms with Crippen LogP contribution in [0.2, 0.25) is 0 Å². The quantitative estimate of drug-likeness (QED) is 0.389. The first-order valence-electron chi connectivity index (χ1n) is 3.07. The molecule has 0 aliphatic carbocycles. The van der Waals surface area contributed by atoms with Gasteiger partial charge in [0.15, 0.2) is 0 Å². The van der Waals surface area contributed by atoms with Gasteiger partial charge in [0.1, 0.15) is 0 Å². The van der Waals surface area contributed by atoms with Crippen LogP contribution < -0.4 is 0 Å². The van der Waals surface area contributed by atoms with Gasteiger partial charge in [0.25, 0.3) is 0 Å². The third-order valence-corrected chi connectivity index (χ3v) is 3.54. The van der Waals surface area contributed by atoms with Gasteiger partial charge in [0.05, 0.1) is 0 Å². The van der Waals surface area contributed by atoms with E-state index < -0.39 is 4.44 Å². The van der Waals surface area contributed by atoms with Crippen molar-refractivity contribution in [3.05, 3.63) is 0 Å². The molecule has 0 bridgehead atoms. The molecule has 0 rings (SSSR count). The molecule has 0 spiro atoms. The summed E-state index contributed by atoms with van der Waals surface area (Å²) in [5.74, 6) is 0. The van der Waals surface area contributed by atoms with E-state index in [1.54, 1.807) is 0 Å². The molecule has 56 valence electrons. The molecule has 0 aliphatic rings. The zero-order valence-corrected chi connectivity index (χ0v) is 8.84. The molecule has 0 saturated heterocycles. The van der Waals surface area contributed by atoms with Gasteiger partial charge in [0, 0.05) is 0 Å². The highest BCUT2D eigenvalue weighted by atomic mass is 33.2. The fourth-order valence-electron chi connectivity index (χ4n) is 0.555. The molecule has 0 fully saturated rings. The Morgan fingerprint density at radius 1 is 1.44 bits per heavy atom. The van der Waals surface area contributed by atoms with E-state index in [4.69, 9.17) is 36.3 Å². The molecule has 0 saturated carbocycles. The fourth-order valence-corrected chi connectivity index (χ4v) is 2.33. The van der Waals surface area contributed by atoms with Crippen LogP contribution in [-0.2, 0) is 36.3 Å². The van der Waals surface area contributed by atoms with Crippen LogP contribution in [0.15, 0.2) is 0 Å². The highest BCUT2D eigenvalue weighted by molar-refractivity contribution is 8.82. The summed E-state index contributed by atoms with van der Waals surface area (Å²) in [6, 6.07) is 0. The van der Waals surface area contributed by atoms with E-state index in [2.05, 4.69) is 6.92 Å². The van der Waals surface area contributed by atoms with Crippen molar-refractivity contribution < 1.29 is 2.85 Å². The molecule has 0 aromatic heterocycles.